The quantitative estimate of drug-likeness (QED) is 0.115. The molecule has 0 spiro atoms. The van der Waals surface area contributed by atoms with Crippen molar-refractivity contribution < 1.29 is 22.3 Å². The molecule has 0 bridgehead atoms. The van der Waals surface area contributed by atoms with Crippen LogP contribution in [0, 0.1) is 23.3 Å². The first-order chi connectivity index (χ1) is 18.4. The number of unbranched alkanes of at least 4 members (excludes halogenated alkanes) is 2. The molecule has 0 saturated heterocycles. The Morgan fingerprint density at radius 1 is 0.605 bits per heavy atom. The van der Waals surface area contributed by atoms with Gasteiger partial charge < -0.3 is 4.74 Å². The standard InChI is InChI=1S/C33H30F4O/c1-3-5-6-7-22-8-13-24(14-9-22)27-19-18-26(30(34)31(27)35)17-12-23-10-15-25(16-11-23)28-20-21-29(38-4-2)33(37)32(28)36/h8-21H,3-7H2,1-2H3/b17-12+. The first-order valence-electron chi connectivity index (χ1n) is 12.9. The van der Waals surface area contributed by atoms with Gasteiger partial charge in [0.2, 0.25) is 5.82 Å². The number of aryl methyl sites for hydroxylation is 1. The predicted molar refractivity (Wildman–Crippen MR) is 147 cm³/mol. The Morgan fingerprint density at radius 3 is 1.84 bits per heavy atom. The maximum atomic E-state index is 14.9. The first kappa shape index (κ1) is 27.2. The molecule has 0 aliphatic rings. The Labute approximate surface area is 221 Å². The molecule has 1 nitrogen and oxygen atoms in total. The van der Waals surface area contributed by atoms with E-state index in [1.165, 1.54) is 30.2 Å². The molecular weight excluding hydrogens is 488 g/mol. The highest BCUT2D eigenvalue weighted by molar-refractivity contribution is 5.74. The monoisotopic (exact) mass is 518 g/mol. The van der Waals surface area contributed by atoms with Crippen LogP contribution in [0.15, 0.2) is 72.8 Å². The Balaban J connectivity index is 1.49. The Hall–Kier alpha value is -3.86. The smallest absolute Gasteiger partial charge is 0.201 e. The second-order valence-electron chi connectivity index (χ2n) is 9.11. The molecule has 38 heavy (non-hydrogen) atoms. The maximum Gasteiger partial charge on any atom is 0.201 e. The molecule has 5 heteroatoms. The normalized spacial score (nSPS) is 11.3. The lowest BCUT2D eigenvalue weighted by atomic mass is 9.99. The Morgan fingerprint density at radius 2 is 1.21 bits per heavy atom. The van der Waals surface area contributed by atoms with Gasteiger partial charge in [0.05, 0.1) is 6.61 Å². The number of hydrogen-bond acceptors (Lipinski definition) is 1. The molecule has 0 aromatic heterocycles. The van der Waals surface area contributed by atoms with Gasteiger partial charge in [-0.1, -0.05) is 92.6 Å². The van der Waals surface area contributed by atoms with Crippen LogP contribution >= 0.6 is 0 Å². The third-order valence-electron chi connectivity index (χ3n) is 6.47. The van der Waals surface area contributed by atoms with Crippen molar-refractivity contribution in [2.75, 3.05) is 6.61 Å². The lowest BCUT2D eigenvalue weighted by Gasteiger charge is -2.09. The van der Waals surface area contributed by atoms with Gasteiger partial charge in [-0.15, -0.1) is 0 Å². The second kappa shape index (κ2) is 12.6. The first-order valence-corrected chi connectivity index (χ1v) is 12.9. The van der Waals surface area contributed by atoms with Crippen molar-refractivity contribution in [3.8, 4) is 28.0 Å². The topological polar surface area (TPSA) is 9.23 Å². The Kier molecular flexibility index (Phi) is 9.01. The zero-order valence-electron chi connectivity index (χ0n) is 21.5. The summed E-state index contributed by atoms with van der Waals surface area (Å²) < 4.78 is 63.6. The molecule has 0 saturated carbocycles. The van der Waals surface area contributed by atoms with Gasteiger partial charge >= 0.3 is 0 Å². The summed E-state index contributed by atoms with van der Waals surface area (Å²) in [4.78, 5) is 0. The van der Waals surface area contributed by atoms with Gasteiger partial charge in [0, 0.05) is 16.7 Å². The molecule has 0 aliphatic heterocycles. The molecular formula is C33H30F4O. The summed E-state index contributed by atoms with van der Waals surface area (Å²) in [5.41, 5.74) is 3.44. The lowest BCUT2D eigenvalue weighted by Crippen LogP contribution is -1.98. The van der Waals surface area contributed by atoms with Crippen LogP contribution in [0.1, 0.15) is 49.8 Å². The van der Waals surface area contributed by atoms with Crippen LogP contribution in [0.5, 0.6) is 5.75 Å². The van der Waals surface area contributed by atoms with Crippen LogP contribution in [0.2, 0.25) is 0 Å². The molecule has 4 aromatic carbocycles. The van der Waals surface area contributed by atoms with Crippen molar-refractivity contribution >= 4 is 12.2 Å². The van der Waals surface area contributed by atoms with E-state index in [2.05, 4.69) is 6.92 Å². The van der Waals surface area contributed by atoms with E-state index in [4.69, 9.17) is 4.74 Å². The molecule has 0 fully saturated rings. The van der Waals surface area contributed by atoms with E-state index in [0.29, 0.717) is 16.7 Å². The van der Waals surface area contributed by atoms with E-state index in [1.807, 2.05) is 24.3 Å². The number of hydrogen-bond donors (Lipinski definition) is 0. The average molecular weight is 519 g/mol. The highest BCUT2D eigenvalue weighted by Crippen LogP contribution is 2.31. The van der Waals surface area contributed by atoms with Crippen LogP contribution in [0.4, 0.5) is 17.6 Å². The minimum absolute atomic E-state index is 0.110. The number of rotatable bonds is 10. The molecule has 196 valence electrons. The van der Waals surface area contributed by atoms with E-state index in [0.717, 1.165) is 19.3 Å². The van der Waals surface area contributed by atoms with Gasteiger partial charge in [0.1, 0.15) is 0 Å². The van der Waals surface area contributed by atoms with Gasteiger partial charge in [-0.25, -0.2) is 13.2 Å². The predicted octanol–water partition coefficient (Wildman–Crippen LogP) is 9.88. The fourth-order valence-corrected chi connectivity index (χ4v) is 4.33. The fraction of sp³-hybridized carbons (Fsp3) is 0.212. The van der Waals surface area contributed by atoms with E-state index >= 15 is 0 Å². The van der Waals surface area contributed by atoms with Crippen LogP contribution < -0.4 is 4.74 Å². The van der Waals surface area contributed by atoms with E-state index in [9.17, 15) is 17.6 Å². The van der Waals surface area contributed by atoms with Gasteiger partial charge in [0.15, 0.2) is 23.2 Å². The molecule has 0 unspecified atom stereocenters. The largest absolute Gasteiger partial charge is 0.491 e. The van der Waals surface area contributed by atoms with Crippen LogP contribution in [0.25, 0.3) is 34.4 Å². The third-order valence-corrected chi connectivity index (χ3v) is 6.47. The molecule has 0 heterocycles. The van der Waals surface area contributed by atoms with Crippen LogP contribution in [-0.4, -0.2) is 6.61 Å². The summed E-state index contributed by atoms with van der Waals surface area (Å²) in [6, 6.07) is 20.3. The van der Waals surface area contributed by atoms with Gasteiger partial charge in [-0.2, -0.15) is 4.39 Å². The number of benzene rings is 4. The van der Waals surface area contributed by atoms with E-state index < -0.39 is 23.3 Å². The SMILES string of the molecule is CCCCCc1ccc(-c2ccc(/C=C/c3ccc(-c4ccc(OCC)c(F)c4F)cc3)c(F)c2F)cc1. The second-order valence-corrected chi connectivity index (χ2v) is 9.11. The number of ether oxygens (including phenoxy) is 1. The third kappa shape index (κ3) is 6.16. The van der Waals surface area contributed by atoms with Gasteiger partial charge in [-0.05, 0) is 54.2 Å². The molecule has 4 aromatic rings. The van der Waals surface area contributed by atoms with E-state index in [-0.39, 0.29) is 29.0 Å². The van der Waals surface area contributed by atoms with Crippen LogP contribution in [0.3, 0.4) is 0 Å². The molecule has 4 rings (SSSR count). The molecule has 0 N–H and O–H groups in total. The van der Waals surface area contributed by atoms with Crippen molar-refractivity contribution in [1.29, 1.82) is 0 Å². The summed E-state index contributed by atoms with van der Waals surface area (Å²) in [7, 11) is 0. The summed E-state index contributed by atoms with van der Waals surface area (Å²) in [5, 5.41) is 0. The van der Waals surface area contributed by atoms with Crippen molar-refractivity contribution in [3.63, 3.8) is 0 Å². The lowest BCUT2D eigenvalue weighted by molar-refractivity contribution is 0.314. The zero-order chi connectivity index (χ0) is 27.1. The molecule has 0 aliphatic carbocycles. The molecule has 0 amide bonds. The highest BCUT2D eigenvalue weighted by Gasteiger charge is 2.16. The van der Waals surface area contributed by atoms with Crippen molar-refractivity contribution in [2.45, 2.75) is 39.5 Å². The minimum atomic E-state index is -1.03. The molecule has 0 radical (unpaired) electrons. The van der Waals surface area contributed by atoms with Crippen molar-refractivity contribution in [3.05, 3.63) is 113 Å². The maximum absolute atomic E-state index is 14.9. The van der Waals surface area contributed by atoms with Crippen molar-refractivity contribution in [1.82, 2.24) is 0 Å². The average Bonchev–Trinajstić information content (AvgIpc) is 2.93. The summed E-state index contributed by atoms with van der Waals surface area (Å²) in [6.45, 7) is 4.08. The Bertz CT molecular complexity index is 1410. The summed E-state index contributed by atoms with van der Waals surface area (Å²) >= 11 is 0. The highest BCUT2D eigenvalue weighted by atomic mass is 19.2. The van der Waals surface area contributed by atoms with Gasteiger partial charge in [0.25, 0.3) is 0 Å². The minimum Gasteiger partial charge on any atom is -0.491 e. The van der Waals surface area contributed by atoms with E-state index in [1.54, 1.807) is 49.4 Å². The zero-order valence-corrected chi connectivity index (χ0v) is 21.5. The summed E-state index contributed by atoms with van der Waals surface area (Å²) in [5.74, 6) is -3.96. The number of halogens is 4. The summed E-state index contributed by atoms with van der Waals surface area (Å²) in [6.07, 6.45) is 7.54. The van der Waals surface area contributed by atoms with Crippen molar-refractivity contribution in [2.24, 2.45) is 0 Å². The van der Waals surface area contributed by atoms with Crippen LogP contribution in [-0.2, 0) is 6.42 Å². The molecule has 0 atom stereocenters. The van der Waals surface area contributed by atoms with Gasteiger partial charge in [-0.3, -0.25) is 0 Å². The fourth-order valence-electron chi connectivity index (χ4n) is 4.33.